The summed E-state index contributed by atoms with van der Waals surface area (Å²) in [5, 5.41) is 9.36. The second-order valence-electron chi connectivity index (χ2n) is 5.39. The Morgan fingerprint density at radius 2 is 2.11 bits per heavy atom. The molecule has 0 bridgehead atoms. The third kappa shape index (κ3) is 2.46. The fourth-order valence-corrected chi connectivity index (χ4v) is 2.14. The number of hydrogen-bond donors (Lipinski definition) is 1. The van der Waals surface area contributed by atoms with Gasteiger partial charge in [-0.05, 0) is 27.0 Å². The molecule has 1 aromatic heterocycles. The van der Waals surface area contributed by atoms with Crippen molar-refractivity contribution >= 4 is 5.91 Å². The summed E-state index contributed by atoms with van der Waals surface area (Å²) < 4.78 is 0. The highest BCUT2D eigenvalue weighted by Gasteiger charge is 2.33. The van der Waals surface area contributed by atoms with Gasteiger partial charge in [-0.15, -0.1) is 0 Å². The lowest BCUT2D eigenvalue weighted by molar-refractivity contribution is 0.0311. The molecule has 1 aliphatic rings. The van der Waals surface area contributed by atoms with E-state index in [4.69, 9.17) is 0 Å². The van der Waals surface area contributed by atoms with E-state index in [1.807, 2.05) is 4.90 Å². The van der Waals surface area contributed by atoms with Gasteiger partial charge in [-0.3, -0.25) is 14.7 Å². The molecule has 98 valence electrons. The van der Waals surface area contributed by atoms with Gasteiger partial charge in [0.25, 0.3) is 5.91 Å². The van der Waals surface area contributed by atoms with E-state index in [9.17, 15) is 9.90 Å². The smallest absolute Gasteiger partial charge is 0.255 e. The fourth-order valence-electron chi connectivity index (χ4n) is 2.14. The minimum atomic E-state index is -0.0698. The molecule has 1 fully saturated rings. The van der Waals surface area contributed by atoms with Crippen LogP contribution in [0.4, 0.5) is 0 Å². The molecule has 0 saturated carbocycles. The number of aromatic nitrogens is 1. The van der Waals surface area contributed by atoms with Crippen LogP contribution in [-0.4, -0.2) is 58.0 Å². The SMILES string of the molecule is CN1CCN(C(=O)c2cncc(O)c2)CC1(C)C. The molecule has 2 heterocycles. The molecular formula is C13H19N3O2. The van der Waals surface area contributed by atoms with Crippen molar-refractivity contribution in [3.8, 4) is 5.75 Å². The molecule has 0 aliphatic carbocycles. The van der Waals surface area contributed by atoms with Crippen LogP contribution in [0.5, 0.6) is 5.75 Å². The van der Waals surface area contributed by atoms with Crippen molar-refractivity contribution < 1.29 is 9.90 Å². The van der Waals surface area contributed by atoms with Gasteiger partial charge in [0.2, 0.25) is 0 Å². The van der Waals surface area contributed by atoms with E-state index in [0.29, 0.717) is 18.7 Å². The first kappa shape index (κ1) is 12.8. The third-order valence-corrected chi connectivity index (χ3v) is 3.57. The first-order valence-corrected chi connectivity index (χ1v) is 6.05. The summed E-state index contributed by atoms with van der Waals surface area (Å²) in [6.07, 6.45) is 2.82. The van der Waals surface area contributed by atoms with E-state index < -0.39 is 0 Å². The molecule has 5 nitrogen and oxygen atoms in total. The minimum absolute atomic E-state index is 0.0224. The Labute approximate surface area is 107 Å². The first-order valence-electron chi connectivity index (χ1n) is 6.05. The van der Waals surface area contributed by atoms with Crippen molar-refractivity contribution in [1.29, 1.82) is 0 Å². The number of amides is 1. The van der Waals surface area contributed by atoms with Crippen molar-refractivity contribution in [3.05, 3.63) is 24.0 Å². The molecule has 2 rings (SSSR count). The first-order chi connectivity index (χ1) is 8.40. The van der Waals surface area contributed by atoms with Gasteiger partial charge in [0.05, 0.1) is 11.8 Å². The Kier molecular flexibility index (Phi) is 3.26. The van der Waals surface area contributed by atoms with Crippen molar-refractivity contribution in [2.24, 2.45) is 0 Å². The van der Waals surface area contributed by atoms with Gasteiger partial charge in [-0.2, -0.15) is 0 Å². The molecule has 1 N–H and O–H groups in total. The molecule has 1 saturated heterocycles. The molecule has 0 atom stereocenters. The Balaban J connectivity index is 2.15. The van der Waals surface area contributed by atoms with Crippen molar-refractivity contribution in [2.45, 2.75) is 19.4 Å². The second-order valence-corrected chi connectivity index (χ2v) is 5.39. The summed E-state index contributed by atoms with van der Waals surface area (Å²) in [6, 6.07) is 1.46. The quantitative estimate of drug-likeness (QED) is 0.805. The number of likely N-dealkylation sites (N-methyl/N-ethyl adjacent to an activating group) is 1. The highest BCUT2D eigenvalue weighted by atomic mass is 16.3. The predicted molar refractivity (Wildman–Crippen MR) is 68.5 cm³/mol. The topological polar surface area (TPSA) is 56.7 Å². The van der Waals surface area contributed by atoms with E-state index in [0.717, 1.165) is 6.54 Å². The molecule has 0 spiro atoms. The maximum atomic E-state index is 12.3. The number of pyridine rings is 1. The van der Waals surface area contributed by atoms with Gasteiger partial charge in [0, 0.05) is 31.4 Å². The van der Waals surface area contributed by atoms with Gasteiger partial charge in [-0.1, -0.05) is 0 Å². The maximum Gasteiger partial charge on any atom is 0.255 e. The lowest BCUT2D eigenvalue weighted by Crippen LogP contribution is -2.58. The van der Waals surface area contributed by atoms with E-state index in [1.54, 1.807) is 0 Å². The zero-order valence-electron chi connectivity index (χ0n) is 11.1. The molecular weight excluding hydrogens is 230 g/mol. The van der Waals surface area contributed by atoms with Crippen LogP contribution < -0.4 is 0 Å². The Morgan fingerprint density at radius 1 is 1.39 bits per heavy atom. The average Bonchev–Trinajstić information content (AvgIpc) is 2.31. The summed E-state index contributed by atoms with van der Waals surface area (Å²) in [4.78, 5) is 20.2. The normalized spacial score (nSPS) is 19.8. The standard InChI is InChI=1S/C13H19N3O2/c1-13(2)9-16(5-4-15(13)3)12(18)10-6-11(17)8-14-7-10/h6-8,17H,4-5,9H2,1-3H3. The lowest BCUT2D eigenvalue weighted by Gasteiger charge is -2.45. The van der Waals surface area contributed by atoms with Crippen molar-refractivity contribution in [3.63, 3.8) is 0 Å². The molecule has 0 radical (unpaired) electrons. The molecule has 1 amide bonds. The summed E-state index contributed by atoms with van der Waals surface area (Å²) in [5.41, 5.74) is 0.411. The molecule has 5 heteroatoms. The van der Waals surface area contributed by atoms with Crippen LogP contribution >= 0.6 is 0 Å². The maximum absolute atomic E-state index is 12.3. The number of carbonyl (C=O) groups excluding carboxylic acids is 1. The van der Waals surface area contributed by atoms with E-state index >= 15 is 0 Å². The highest BCUT2D eigenvalue weighted by Crippen LogP contribution is 2.21. The Hall–Kier alpha value is -1.62. The van der Waals surface area contributed by atoms with Gasteiger partial charge in [-0.25, -0.2) is 0 Å². The number of piperazine rings is 1. The number of nitrogens with zero attached hydrogens (tertiary/aromatic N) is 3. The van der Waals surface area contributed by atoms with Crippen LogP contribution in [0.2, 0.25) is 0 Å². The summed E-state index contributed by atoms with van der Waals surface area (Å²) >= 11 is 0. The average molecular weight is 249 g/mol. The largest absolute Gasteiger partial charge is 0.506 e. The van der Waals surface area contributed by atoms with Crippen LogP contribution in [0.15, 0.2) is 18.5 Å². The second kappa shape index (κ2) is 4.57. The zero-order valence-corrected chi connectivity index (χ0v) is 11.1. The fraction of sp³-hybridized carbons (Fsp3) is 0.538. The molecule has 0 unspecified atom stereocenters. The van der Waals surface area contributed by atoms with E-state index in [-0.39, 0.29) is 17.2 Å². The number of hydrogen-bond acceptors (Lipinski definition) is 4. The van der Waals surface area contributed by atoms with Crippen LogP contribution in [0.25, 0.3) is 0 Å². The van der Waals surface area contributed by atoms with Crippen molar-refractivity contribution in [1.82, 2.24) is 14.8 Å². The van der Waals surface area contributed by atoms with Gasteiger partial charge in [0.1, 0.15) is 5.75 Å². The monoisotopic (exact) mass is 249 g/mol. The predicted octanol–water partition coefficient (Wildman–Crippen LogP) is 0.953. The van der Waals surface area contributed by atoms with Crippen LogP contribution in [0.1, 0.15) is 24.2 Å². The van der Waals surface area contributed by atoms with Crippen LogP contribution in [0, 0.1) is 0 Å². The van der Waals surface area contributed by atoms with E-state index in [1.165, 1.54) is 18.5 Å². The third-order valence-electron chi connectivity index (χ3n) is 3.57. The van der Waals surface area contributed by atoms with Gasteiger partial charge < -0.3 is 10.0 Å². The summed E-state index contributed by atoms with van der Waals surface area (Å²) in [5.74, 6) is -0.0474. The number of rotatable bonds is 1. The molecule has 18 heavy (non-hydrogen) atoms. The number of carbonyl (C=O) groups is 1. The van der Waals surface area contributed by atoms with Crippen LogP contribution in [-0.2, 0) is 0 Å². The number of aromatic hydroxyl groups is 1. The Morgan fingerprint density at radius 3 is 2.72 bits per heavy atom. The summed E-state index contributed by atoms with van der Waals surface area (Å²) in [7, 11) is 2.07. The minimum Gasteiger partial charge on any atom is -0.506 e. The van der Waals surface area contributed by atoms with Gasteiger partial charge in [0.15, 0.2) is 0 Å². The molecule has 1 aromatic rings. The zero-order chi connectivity index (χ0) is 13.3. The Bertz CT molecular complexity index is 459. The van der Waals surface area contributed by atoms with E-state index in [2.05, 4.69) is 30.8 Å². The van der Waals surface area contributed by atoms with Crippen LogP contribution in [0.3, 0.4) is 0 Å². The molecule has 1 aliphatic heterocycles. The highest BCUT2D eigenvalue weighted by molar-refractivity contribution is 5.94. The summed E-state index contributed by atoms with van der Waals surface area (Å²) in [6.45, 7) is 6.47. The van der Waals surface area contributed by atoms with Crippen molar-refractivity contribution in [2.75, 3.05) is 26.7 Å². The lowest BCUT2D eigenvalue weighted by atomic mass is 9.99. The van der Waals surface area contributed by atoms with Gasteiger partial charge >= 0.3 is 0 Å². The molecule has 0 aromatic carbocycles.